The van der Waals surface area contributed by atoms with Crippen LogP contribution in [0, 0.1) is 0 Å². The maximum atomic E-state index is 12.4. The number of amides is 1. The van der Waals surface area contributed by atoms with Gasteiger partial charge in [0.2, 0.25) is 0 Å². The Bertz CT molecular complexity index is 827. The molecule has 1 aromatic heterocycles. The summed E-state index contributed by atoms with van der Waals surface area (Å²) < 4.78 is 0. The van der Waals surface area contributed by atoms with Gasteiger partial charge in [0.15, 0.2) is 5.17 Å². The van der Waals surface area contributed by atoms with E-state index in [2.05, 4.69) is 29.0 Å². The molecule has 0 atom stereocenters. The monoisotopic (exact) mass is 338 g/mol. The Kier molecular flexibility index (Phi) is 4.66. The number of hydrogen-bond acceptors (Lipinski definition) is 5. The third kappa shape index (κ3) is 3.49. The fraction of sp³-hybridized carbons (Fsp3) is 0.167. The highest BCUT2D eigenvalue weighted by atomic mass is 32.2. The summed E-state index contributed by atoms with van der Waals surface area (Å²) in [4.78, 5) is 23.1. The number of likely N-dealkylation sites (N-methyl/N-ethyl adjacent to an activating group) is 1. The molecule has 1 aliphatic rings. The fourth-order valence-electron chi connectivity index (χ4n) is 2.27. The van der Waals surface area contributed by atoms with Gasteiger partial charge >= 0.3 is 0 Å². The van der Waals surface area contributed by atoms with Gasteiger partial charge in [-0.15, -0.1) is 0 Å². The number of amidine groups is 1. The number of aryl methyl sites for hydroxylation is 1. The van der Waals surface area contributed by atoms with Gasteiger partial charge in [0.05, 0.1) is 10.6 Å². The van der Waals surface area contributed by atoms with E-state index in [0.29, 0.717) is 15.9 Å². The Morgan fingerprint density at radius 3 is 2.71 bits per heavy atom. The number of hydrogen-bond donors (Lipinski definition) is 1. The largest absolute Gasteiger partial charge is 0.384 e. The first-order valence-electron chi connectivity index (χ1n) is 7.63. The first-order chi connectivity index (χ1) is 11.6. The van der Waals surface area contributed by atoms with Crippen LogP contribution in [0.2, 0.25) is 0 Å². The van der Waals surface area contributed by atoms with Crippen molar-refractivity contribution in [2.75, 3.05) is 12.8 Å². The van der Waals surface area contributed by atoms with Gasteiger partial charge in [0, 0.05) is 13.2 Å². The minimum atomic E-state index is -0.0701. The van der Waals surface area contributed by atoms with E-state index in [1.54, 1.807) is 24.2 Å². The summed E-state index contributed by atoms with van der Waals surface area (Å²) >= 11 is 1.36. The van der Waals surface area contributed by atoms with Crippen LogP contribution in [0.15, 0.2) is 52.5 Å². The molecule has 1 fully saturated rings. The summed E-state index contributed by atoms with van der Waals surface area (Å²) in [5.41, 5.74) is 8.63. The minimum Gasteiger partial charge on any atom is -0.384 e. The van der Waals surface area contributed by atoms with Gasteiger partial charge in [-0.2, -0.15) is 0 Å². The van der Waals surface area contributed by atoms with Crippen LogP contribution in [0.3, 0.4) is 0 Å². The van der Waals surface area contributed by atoms with Gasteiger partial charge in [0.1, 0.15) is 5.82 Å². The molecule has 6 heteroatoms. The Hall–Kier alpha value is -2.60. The van der Waals surface area contributed by atoms with Crippen LogP contribution in [0.1, 0.15) is 18.1 Å². The van der Waals surface area contributed by atoms with E-state index in [4.69, 9.17) is 5.73 Å². The molecule has 2 heterocycles. The molecule has 0 radical (unpaired) electrons. The van der Waals surface area contributed by atoms with E-state index in [1.165, 1.54) is 17.3 Å². The van der Waals surface area contributed by atoms with Gasteiger partial charge in [-0.3, -0.25) is 9.69 Å². The van der Waals surface area contributed by atoms with Crippen molar-refractivity contribution < 1.29 is 4.79 Å². The number of nitrogens with zero attached hydrogens (tertiary/aromatic N) is 3. The zero-order valence-corrected chi connectivity index (χ0v) is 14.4. The van der Waals surface area contributed by atoms with E-state index >= 15 is 0 Å². The van der Waals surface area contributed by atoms with E-state index in [-0.39, 0.29) is 5.91 Å². The number of aromatic nitrogens is 1. The number of thioether (sulfide) groups is 1. The number of carbonyl (C=O) groups excluding carboxylic acids is 1. The van der Waals surface area contributed by atoms with Crippen molar-refractivity contribution >= 4 is 40.4 Å². The van der Waals surface area contributed by atoms with Gasteiger partial charge in [-0.25, -0.2) is 9.98 Å². The zero-order chi connectivity index (χ0) is 17.1. The molecule has 2 aromatic rings. The van der Waals surface area contributed by atoms with E-state index in [1.807, 2.05) is 24.3 Å². The lowest BCUT2D eigenvalue weighted by Crippen LogP contribution is -2.23. The summed E-state index contributed by atoms with van der Waals surface area (Å²) in [6.45, 7) is 2.11. The van der Waals surface area contributed by atoms with Crippen molar-refractivity contribution in [1.82, 2.24) is 9.88 Å². The third-order valence-corrected chi connectivity index (χ3v) is 4.74. The second-order valence-corrected chi connectivity index (χ2v) is 6.41. The van der Waals surface area contributed by atoms with Gasteiger partial charge in [-0.05, 0) is 59.7 Å². The zero-order valence-electron chi connectivity index (χ0n) is 13.6. The average molecular weight is 338 g/mol. The third-order valence-electron chi connectivity index (χ3n) is 3.68. The Labute approximate surface area is 145 Å². The second-order valence-electron chi connectivity index (χ2n) is 5.40. The molecule has 0 unspecified atom stereocenters. The summed E-state index contributed by atoms with van der Waals surface area (Å²) in [6.07, 6.45) is 4.43. The maximum Gasteiger partial charge on any atom is 0.266 e. The molecule has 0 saturated carbocycles. The van der Waals surface area contributed by atoms with E-state index < -0.39 is 0 Å². The van der Waals surface area contributed by atoms with Crippen LogP contribution in [0.25, 0.3) is 6.08 Å². The van der Waals surface area contributed by atoms with Crippen molar-refractivity contribution in [3.8, 4) is 0 Å². The molecule has 1 aliphatic heterocycles. The standard InChI is InChI=1S/C18H18N4OS/c1-3-12-4-6-14(7-5-12)21-18-22(2)17(23)15(24-18)10-13-8-9-20-16(19)11-13/h4-11H,3H2,1-2H3,(H2,19,20)/b15-10-,21-18?. The molecule has 0 spiro atoms. The molecular weight excluding hydrogens is 320 g/mol. The number of nitrogens with two attached hydrogens (primary N) is 1. The highest BCUT2D eigenvalue weighted by molar-refractivity contribution is 8.18. The Morgan fingerprint density at radius 1 is 1.29 bits per heavy atom. The maximum absolute atomic E-state index is 12.4. The van der Waals surface area contributed by atoms with Crippen LogP contribution in [-0.2, 0) is 11.2 Å². The topological polar surface area (TPSA) is 71.6 Å². The number of anilines is 1. The lowest BCUT2D eigenvalue weighted by atomic mass is 10.2. The Balaban J connectivity index is 1.86. The number of aliphatic imine (C=N–C) groups is 1. The summed E-state index contributed by atoms with van der Waals surface area (Å²) in [6, 6.07) is 11.6. The van der Waals surface area contributed by atoms with Crippen molar-refractivity contribution in [2.45, 2.75) is 13.3 Å². The quantitative estimate of drug-likeness (QED) is 0.870. The second kappa shape index (κ2) is 6.88. The average Bonchev–Trinajstić information content (AvgIpc) is 2.84. The van der Waals surface area contributed by atoms with Crippen LogP contribution in [0.5, 0.6) is 0 Å². The summed E-state index contributed by atoms with van der Waals surface area (Å²) in [5.74, 6) is 0.359. The predicted molar refractivity (Wildman–Crippen MR) is 99.9 cm³/mol. The van der Waals surface area contributed by atoms with Crippen molar-refractivity contribution in [2.24, 2.45) is 4.99 Å². The molecule has 24 heavy (non-hydrogen) atoms. The van der Waals surface area contributed by atoms with E-state index in [0.717, 1.165) is 17.7 Å². The molecule has 0 aliphatic carbocycles. The highest BCUT2D eigenvalue weighted by Gasteiger charge is 2.30. The van der Waals surface area contributed by atoms with Crippen LogP contribution < -0.4 is 5.73 Å². The summed E-state index contributed by atoms with van der Waals surface area (Å²) in [7, 11) is 1.73. The molecule has 3 rings (SSSR count). The molecule has 5 nitrogen and oxygen atoms in total. The predicted octanol–water partition coefficient (Wildman–Crippen LogP) is 3.46. The molecule has 1 amide bonds. The number of pyridine rings is 1. The first-order valence-corrected chi connectivity index (χ1v) is 8.45. The highest BCUT2D eigenvalue weighted by Crippen LogP contribution is 2.33. The summed E-state index contributed by atoms with van der Waals surface area (Å²) in [5, 5.41) is 0.664. The fourth-order valence-corrected chi connectivity index (χ4v) is 3.26. The molecule has 0 bridgehead atoms. The van der Waals surface area contributed by atoms with Crippen LogP contribution in [0.4, 0.5) is 11.5 Å². The van der Waals surface area contributed by atoms with Gasteiger partial charge in [0.25, 0.3) is 5.91 Å². The normalized spacial score (nSPS) is 17.9. The lowest BCUT2D eigenvalue weighted by Gasteiger charge is -2.07. The molecule has 2 N–H and O–H groups in total. The Morgan fingerprint density at radius 2 is 2.04 bits per heavy atom. The van der Waals surface area contributed by atoms with Gasteiger partial charge < -0.3 is 5.73 Å². The smallest absolute Gasteiger partial charge is 0.266 e. The van der Waals surface area contributed by atoms with Crippen molar-refractivity contribution in [1.29, 1.82) is 0 Å². The molecule has 1 aromatic carbocycles. The molecular formula is C18H18N4OS. The number of rotatable bonds is 3. The van der Waals surface area contributed by atoms with Crippen LogP contribution >= 0.6 is 11.8 Å². The SMILES string of the molecule is CCc1ccc(N=C2S/C(=C\c3ccnc(N)c3)C(=O)N2C)cc1. The number of benzene rings is 1. The lowest BCUT2D eigenvalue weighted by molar-refractivity contribution is -0.121. The van der Waals surface area contributed by atoms with Gasteiger partial charge in [-0.1, -0.05) is 19.1 Å². The van der Waals surface area contributed by atoms with Crippen molar-refractivity contribution in [3.05, 3.63) is 58.6 Å². The first kappa shape index (κ1) is 16.3. The number of nitrogen functional groups attached to an aromatic ring is 1. The number of carbonyl (C=O) groups is 1. The van der Waals surface area contributed by atoms with Crippen molar-refractivity contribution in [3.63, 3.8) is 0 Å². The minimum absolute atomic E-state index is 0.0701. The molecule has 1 saturated heterocycles. The van der Waals surface area contributed by atoms with Crippen LogP contribution in [-0.4, -0.2) is 28.0 Å². The van der Waals surface area contributed by atoms with E-state index in [9.17, 15) is 4.79 Å². The molecule has 122 valence electrons.